The lowest BCUT2D eigenvalue weighted by molar-refractivity contribution is -0.121. The van der Waals surface area contributed by atoms with Crippen LogP contribution in [-0.2, 0) is 17.9 Å². The van der Waals surface area contributed by atoms with Gasteiger partial charge in [0.1, 0.15) is 12.4 Å². The molecule has 22 heavy (non-hydrogen) atoms. The maximum Gasteiger partial charge on any atom is 0.442 e. The van der Waals surface area contributed by atoms with Crippen molar-refractivity contribution in [3.8, 4) is 0 Å². The van der Waals surface area contributed by atoms with Crippen molar-refractivity contribution in [2.75, 3.05) is 0 Å². The number of hydrogen-bond donors (Lipinski definition) is 1. The Hall–Kier alpha value is -2.44. The van der Waals surface area contributed by atoms with E-state index in [1.165, 1.54) is 10.6 Å². The summed E-state index contributed by atoms with van der Waals surface area (Å²) in [5.74, 6) is -0.968. The average molecular weight is 307 g/mol. The predicted octanol–water partition coefficient (Wildman–Crippen LogP) is 1.72. The average Bonchev–Trinajstić information content (AvgIpc) is 2.82. The first-order valence-electron chi connectivity index (χ1n) is 6.96. The lowest BCUT2D eigenvalue weighted by Crippen LogP contribution is -2.31. The third-order valence-electron chi connectivity index (χ3n) is 3.26. The van der Waals surface area contributed by atoms with Crippen molar-refractivity contribution in [1.82, 2.24) is 15.0 Å². The highest BCUT2D eigenvalue weighted by molar-refractivity contribution is 5.75. The number of amides is 1. The minimum absolute atomic E-state index is 0.0366. The van der Waals surface area contributed by atoms with Gasteiger partial charge in [0.25, 0.3) is 0 Å². The molecular formula is C15H18FN3O3. The first kappa shape index (κ1) is 15.9. The van der Waals surface area contributed by atoms with Crippen LogP contribution in [0.25, 0.3) is 0 Å². The predicted molar refractivity (Wildman–Crippen MR) is 77.8 cm³/mol. The normalized spacial score (nSPS) is 11.0. The maximum absolute atomic E-state index is 13.4. The Morgan fingerprint density at radius 3 is 2.82 bits per heavy atom. The van der Waals surface area contributed by atoms with Crippen LogP contribution in [0, 0.1) is 12.7 Å². The Morgan fingerprint density at radius 2 is 2.18 bits per heavy atom. The minimum atomic E-state index is -0.666. The second-order valence-electron chi connectivity index (χ2n) is 5.41. The van der Waals surface area contributed by atoms with Crippen molar-refractivity contribution in [3.63, 3.8) is 0 Å². The second-order valence-corrected chi connectivity index (χ2v) is 5.41. The first-order valence-corrected chi connectivity index (χ1v) is 6.96. The van der Waals surface area contributed by atoms with Gasteiger partial charge in [-0.25, -0.2) is 9.18 Å². The number of aromatic nitrogens is 2. The van der Waals surface area contributed by atoms with E-state index in [2.05, 4.69) is 15.0 Å². The van der Waals surface area contributed by atoms with Crippen molar-refractivity contribution in [2.24, 2.45) is 0 Å². The van der Waals surface area contributed by atoms with Gasteiger partial charge in [-0.15, -0.1) is 0 Å². The monoisotopic (exact) mass is 307 g/mol. The summed E-state index contributed by atoms with van der Waals surface area (Å²) < 4.78 is 19.2. The highest BCUT2D eigenvalue weighted by Crippen LogP contribution is 2.10. The van der Waals surface area contributed by atoms with Gasteiger partial charge in [0.15, 0.2) is 5.82 Å². The maximum atomic E-state index is 13.4. The van der Waals surface area contributed by atoms with E-state index in [1.54, 1.807) is 19.1 Å². The van der Waals surface area contributed by atoms with Crippen LogP contribution in [0.2, 0.25) is 0 Å². The van der Waals surface area contributed by atoms with Crippen LogP contribution in [0.5, 0.6) is 0 Å². The molecule has 1 amide bonds. The molecule has 0 aliphatic carbocycles. The van der Waals surface area contributed by atoms with Crippen molar-refractivity contribution >= 4 is 5.91 Å². The van der Waals surface area contributed by atoms with E-state index in [9.17, 15) is 14.0 Å². The standard InChI is InChI=1S/C15H18FN3O3/c1-9(2)14-18-22-15(21)19(14)8-13(20)17-7-11-5-4-10(3)12(16)6-11/h4-6,9H,7-8H2,1-3H3,(H,17,20). The van der Waals surface area contributed by atoms with Gasteiger partial charge in [0, 0.05) is 12.5 Å². The zero-order valence-corrected chi connectivity index (χ0v) is 12.7. The molecule has 6 nitrogen and oxygen atoms in total. The SMILES string of the molecule is Cc1ccc(CNC(=O)Cn2c(C(C)C)noc2=O)cc1F. The number of carbonyl (C=O) groups is 1. The molecule has 0 atom stereocenters. The molecule has 0 saturated heterocycles. The topological polar surface area (TPSA) is 77.1 Å². The highest BCUT2D eigenvalue weighted by atomic mass is 19.1. The molecule has 0 fully saturated rings. The fourth-order valence-electron chi connectivity index (χ4n) is 1.99. The summed E-state index contributed by atoms with van der Waals surface area (Å²) in [6, 6.07) is 4.77. The van der Waals surface area contributed by atoms with E-state index in [4.69, 9.17) is 0 Å². The molecule has 0 aliphatic heterocycles. The van der Waals surface area contributed by atoms with Crippen molar-refractivity contribution < 1.29 is 13.7 Å². The molecule has 118 valence electrons. The third-order valence-corrected chi connectivity index (χ3v) is 3.26. The third kappa shape index (κ3) is 3.60. The van der Waals surface area contributed by atoms with Crippen LogP contribution in [0.15, 0.2) is 27.5 Å². The Morgan fingerprint density at radius 1 is 1.45 bits per heavy atom. The first-order chi connectivity index (χ1) is 10.4. The van der Waals surface area contributed by atoms with Crippen LogP contribution in [0.4, 0.5) is 4.39 Å². The Balaban J connectivity index is 2.00. The van der Waals surface area contributed by atoms with Crippen molar-refractivity contribution in [2.45, 2.75) is 39.8 Å². The summed E-state index contributed by atoms with van der Waals surface area (Å²) in [6.07, 6.45) is 0. The molecular weight excluding hydrogens is 289 g/mol. The number of carbonyl (C=O) groups excluding carboxylic acids is 1. The molecule has 0 bridgehead atoms. The lowest BCUT2D eigenvalue weighted by Gasteiger charge is -2.08. The van der Waals surface area contributed by atoms with Gasteiger partial charge in [-0.2, -0.15) is 0 Å². The molecule has 0 aliphatic rings. The van der Waals surface area contributed by atoms with E-state index >= 15 is 0 Å². The van der Waals surface area contributed by atoms with Gasteiger partial charge in [-0.1, -0.05) is 31.1 Å². The highest BCUT2D eigenvalue weighted by Gasteiger charge is 2.16. The Kier molecular flexibility index (Phi) is 4.75. The molecule has 1 aromatic heterocycles. The van der Waals surface area contributed by atoms with E-state index < -0.39 is 5.76 Å². The summed E-state index contributed by atoms with van der Waals surface area (Å²) in [7, 11) is 0. The molecule has 0 spiro atoms. The zero-order chi connectivity index (χ0) is 16.3. The molecule has 1 heterocycles. The van der Waals surface area contributed by atoms with E-state index in [-0.39, 0.29) is 30.7 Å². The summed E-state index contributed by atoms with van der Waals surface area (Å²) in [4.78, 5) is 23.5. The smallest absolute Gasteiger partial charge is 0.350 e. The fourth-order valence-corrected chi connectivity index (χ4v) is 1.99. The van der Waals surface area contributed by atoms with Crippen LogP contribution >= 0.6 is 0 Å². The summed E-state index contributed by atoms with van der Waals surface area (Å²) in [6.45, 7) is 5.38. The molecule has 2 aromatic rings. The van der Waals surface area contributed by atoms with Gasteiger partial charge < -0.3 is 5.32 Å². The van der Waals surface area contributed by atoms with Crippen LogP contribution < -0.4 is 11.1 Å². The van der Waals surface area contributed by atoms with E-state index in [1.807, 2.05) is 13.8 Å². The molecule has 2 rings (SSSR count). The fraction of sp³-hybridized carbons (Fsp3) is 0.400. The van der Waals surface area contributed by atoms with Gasteiger partial charge >= 0.3 is 5.76 Å². The summed E-state index contributed by atoms with van der Waals surface area (Å²) >= 11 is 0. The van der Waals surface area contributed by atoms with Crippen molar-refractivity contribution in [1.29, 1.82) is 0 Å². The van der Waals surface area contributed by atoms with Crippen LogP contribution in [0.1, 0.15) is 36.7 Å². The number of hydrogen-bond acceptors (Lipinski definition) is 4. The second kappa shape index (κ2) is 6.55. The summed E-state index contributed by atoms with van der Waals surface area (Å²) in [5.41, 5.74) is 1.20. The Bertz CT molecular complexity index is 734. The van der Waals surface area contributed by atoms with E-state index in [0.717, 1.165) is 0 Å². The van der Waals surface area contributed by atoms with Gasteiger partial charge in [0.05, 0.1) is 0 Å². The van der Waals surface area contributed by atoms with Gasteiger partial charge in [-0.05, 0) is 24.1 Å². The largest absolute Gasteiger partial charge is 0.442 e. The lowest BCUT2D eigenvalue weighted by atomic mass is 10.1. The molecule has 0 saturated carbocycles. The van der Waals surface area contributed by atoms with Gasteiger partial charge in [-0.3, -0.25) is 13.9 Å². The summed E-state index contributed by atoms with van der Waals surface area (Å²) in [5, 5.41) is 6.30. The number of halogens is 1. The number of benzene rings is 1. The van der Waals surface area contributed by atoms with Crippen LogP contribution in [-0.4, -0.2) is 15.6 Å². The van der Waals surface area contributed by atoms with Gasteiger partial charge in [0.2, 0.25) is 5.91 Å². The minimum Gasteiger partial charge on any atom is -0.350 e. The number of nitrogens with zero attached hydrogens (tertiary/aromatic N) is 2. The molecule has 1 N–H and O–H groups in total. The quantitative estimate of drug-likeness (QED) is 0.912. The molecule has 1 aromatic carbocycles. The number of nitrogens with one attached hydrogen (secondary N) is 1. The zero-order valence-electron chi connectivity index (χ0n) is 12.7. The van der Waals surface area contributed by atoms with Crippen molar-refractivity contribution in [3.05, 3.63) is 51.5 Å². The molecule has 7 heteroatoms. The van der Waals surface area contributed by atoms with Crippen LogP contribution in [0.3, 0.4) is 0 Å². The molecule has 0 unspecified atom stereocenters. The number of aryl methyl sites for hydroxylation is 1. The molecule has 0 radical (unpaired) electrons. The number of rotatable bonds is 5. The van der Waals surface area contributed by atoms with E-state index in [0.29, 0.717) is 17.0 Å². The Labute approximate surface area is 126 Å².